The van der Waals surface area contributed by atoms with E-state index in [0.717, 1.165) is 16.0 Å². The van der Waals surface area contributed by atoms with E-state index in [4.69, 9.17) is 4.74 Å². The Labute approximate surface area is 162 Å². The Morgan fingerprint density at radius 3 is 2.56 bits per heavy atom. The van der Waals surface area contributed by atoms with Gasteiger partial charge < -0.3 is 15.4 Å². The molecule has 0 aliphatic heterocycles. The molecule has 0 aromatic heterocycles. The fraction of sp³-hybridized carbons (Fsp3) is 0.250. The Hall–Kier alpha value is -2.80. The number of thioether (sulfide) groups is 1. The average Bonchev–Trinajstić information content (AvgIpc) is 2.65. The summed E-state index contributed by atoms with van der Waals surface area (Å²) in [6, 6.07) is 12.5. The summed E-state index contributed by atoms with van der Waals surface area (Å²) in [5.74, 6) is -1.05. The zero-order valence-corrected chi connectivity index (χ0v) is 16.3. The monoisotopic (exact) mass is 386 g/mol. The lowest BCUT2D eigenvalue weighted by Crippen LogP contribution is -2.22. The molecule has 0 fully saturated rings. The Kier molecular flexibility index (Phi) is 7.43. The van der Waals surface area contributed by atoms with Crippen molar-refractivity contribution in [1.82, 2.24) is 5.32 Å². The van der Waals surface area contributed by atoms with Gasteiger partial charge >= 0.3 is 5.97 Å². The van der Waals surface area contributed by atoms with Crippen molar-refractivity contribution in [3.05, 3.63) is 59.2 Å². The molecule has 0 saturated carbocycles. The van der Waals surface area contributed by atoms with E-state index in [0.29, 0.717) is 11.3 Å². The highest BCUT2D eigenvalue weighted by Crippen LogP contribution is 2.23. The third-order valence-corrected chi connectivity index (χ3v) is 4.82. The van der Waals surface area contributed by atoms with Crippen LogP contribution in [0.2, 0.25) is 0 Å². The van der Waals surface area contributed by atoms with Gasteiger partial charge in [0.1, 0.15) is 0 Å². The minimum Gasteiger partial charge on any atom is -0.455 e. The maximum atomic E-state index is 11.9. The van der Waals surface area contributed by atoms with Crippen molar-refractivity contribution in [2.24, 2.45) is 0 Å². The number of benzene rings is 2. The summed E-state index contributed by atoms with van der Waals surface area (Å²) in [4.78, 5) is 36.4. The standard InChI is InChI=1S/C20H22N2O4S/c1-13-7-8-17(14(2)9-13)27-12-19(24)26-11-18(23)22-16-6-4-5-15(10-16)20(25)21-3/h4-10H,11-12H2,1-3H3,(H,21,25)(H,22,23). The molecule has 27 heavy (non-hydrogen) atoms. The predicted molar refractivity (Wildman–Crippen MR) is 106 cm³/mol. The molecule has 2 rings (SSSR count). The van der Waals surface area contributed by atoms with Crippen molar-refractivity contribution < 1.29 is 19.1 Å². The fourth-order valence-corrected chi connectivity index (χ4v) is 3.17. The van der Waals surface area contributed by atoms with Gasteiger partial charge in [0.15, 0.2) is 6.61 Å². The molecule has 7 heteroatoms. The molecular weight excluding hydrogens is 364 g/mol. The summed E-state index contributed by atoms with van der Waals surface area (Å²) >= 11 is 1.38. The van der Waals surface area contributed by atoms with Crippen LogP contribution in [0.15, 0.2) is 47.4 Å². The van der Waals surface area contributed by atoms with Gasteiger partial charge in [0.25, 0.3) is 11.8 Å². The molecular formula is C20H22N2O4S. The normalized spacial score (nSPS) is 10.2. The van der Waals surface area contributed by atoms with Crippen LogP contribution in [0.5, 0.6) is 0 Å². The van der Waals surface area contributed by atoms with Gasteiger partial charge in [-0.25, -0.2) is 0 Å². The highest BCUT2D eigenvalue weighted by atomic mass is 32.2. The number of rotatable bonds is 7. The lowest BCUT2D eigenvalue weighted by molar-refractivity contribution is -0.144. The lowest BCUT2D eigenvalue weighted by atomic mass is 10.2. The third kappa shape index (κ3) is 6.45. The van der Waals surface area contributed by atoms with Gasteiger partial charge in [-0.2, -0.15) is 0 Å². The SMILES string of the molecule is CNC(=O)c1cccc(NC(=O)COC(=O)CSc2ccc(C)cc2C)c1. The van der Waals surface area contributed by atoms with Crippen molar-refractivity contribution in [3.63, 3.8) is 0 Å². The van der Waals surface area contributed by atoms with Gasteiger partial charge in [-0.05, 0) is 43.7 Å². The second-order valence-corrected chi connectivity index (χ2v) is 6.94. The van der Waals surface area contributed by atoms with Crippen LogP contribution in [0.25, 0.3) is 0 Å². The van der Waals surface area contributed by atoms with Crippen LogP contribution in [0.4, 0.5) is 5.69 Å². The number of hydrogen-bond donors (Lipinski definition) is 2. The number of aryl methyl sites for hydroxylation is 2. The molecule has 0 spiro atoms. The molecule has 0 atom stereocenters. The van der Waals surface area contributed by atoms with Gasteiger partial charge in [0, 0.05) is 23.2 Å². The Morgan fingerprint density at radius 2 is 1.85 bits per heavy atom. The van der Waals surface area contributed by atoms with Gasteiger partial charge in [0.05, 0.1) is 5.75 Å². The van der Waals surface area contributed by atoms with E-state index in [1.54, 1.807) is 24.3 Å². The number of amides is 2. The Bertz CT molecular complexity index is 852. The lowest BCUT2D eigenvalue weighted by Gasteiger charge is -2.09. The topological polar surface area (TPSA) is 84.5 Å². The molecule has 0 saturated heterocycles. The summed E-state index contributed by atoms with van der Waals surface area (Å²) in [7, 11) is 1.53. The molecule has 2 N–H and O–H groups in total. The second-order valence-electron chi connectivity index (χ2n) is 5.93. The van der Waals surface area contributed by atoms with Gasteiger partial charge in [0.2, 0.25) is 0 Å². The molecule has 0 unspecified atom stereocenters. The molecule has 2 amide bonds. The second kappa shape index (κ2) is 9.78. The third-order valence-electron chi connectivity index (χ3n) is 3.68. The average molecular weight is 386 g/mol. The predicted octanol–water partition coefficient (Wildman–Crippen LogP) is 2.94. The van der Waals surface area contributed by atoms with E-state index >= 15 is 0 Å². The van der Waals surface area contributed by atoms with Crippen LogP contribution < -0.4 is 10.6 Å². The van der Waals surface area contributed by atoms with Crippen molar-refractivity contribution in [3.8, 4) is 0 Å². The summed E-state index contributed by atoms with van der Waals surface area (Å²) in [5.41, 5.74) is 3.15. The Morgan fingerprint density at radius 1 is 1.07 bits per heavy atom. The number of carbonyl (C=O) groups excluding carboxylic acids is 3. The fourth-order valence-electron chi connectivity index (χ4n) is 2.37. The van der Waals surface area contributed by atoms with Crippen molar-refractivity contribution >= 4 is 35.2 Å². The first-order valence-corrected chi connectivity index (χ1v) is 9.35. The highest BCUT2D eigenvalue weighted by molar-refractivity contribution is 8.00. The first-order chi connectivity index (χ1) is 12.9. The number of esters is 1. The molecule has 0 aliphatic rings. The number of nitrogens with one attached hydrogen (secondary N) is 2. The number of hydrogen-bond acceptors (Lipinski definition) is 5. The van der Waals surface area contributed by atoms with Crippen LogP contribution >= 0.6 is 11.8 Å². The van der Waals surface area contributed by atoms with Gasteiger partial charge in [-0.1, -0.05) is 23.8 Å². The van der Waals surface area contributed by atoms with Crippen molar-refractivity contribution in [2.45, 2.75) is 18.7 Å². The number of ether oxygens (including phenoxy) is 1. The van der Waals surface area contributed by atoms with Crippen LogP contribution in [-0.4, -0.2) is 37.2 Å². The minimum absolute atomic E-state index is 0.128. The molecule has 0 aliphatic carbocycles. The largest absolute Gasteiger partial charge is 0.455 e. The van der Waals surface area contributed by atoms with E-state index in [2.05, 4.69) is 10.6 Å². The number of carbonyl (C=O) groups is 3. The maximum absolute atomic E-state index is 11.9. The van der Waals surface area contributed by atoms with Crippen LogP contribution in [-0.2, 0) is 14.3 Å². The van der Waals surface area contributed by atoms with Crippen molar-refractivity contribution in [1.29, 1.82) is 0 Å². The summed E-state index contributed by atoms with van der Waals surface area (Å²) in [6.07, 6.45) is 0. The zero-order chi connectivity index (χ0) is 19.8. The van der Waals surface area contributed by atoms with E-state index in [9.17, 15) is 14.4 Å². The smallest absolute Gasteiger partial charge is 0.316 e. The molecule has 142 valence electrons. The molecule has 2 aromatic rings. The molecule has 0 radical (unpaired) electrons. The summed E-state index contributed by atoms with van der Waals surface area (Å²) in [6.45, 7) is 3.62. The quantitative estimate of drug-likeness (QED) is 0.565. The summed E-state index contributed by atoms with van der Waals surface area (Å²) < 4.78 is 5.01. The van der Waals surface area contributed by atoms with Crippen LogP contribution in [0, 0.1) is 13.8 Å². The Balaban J connectivity index is 1.79. The van der Waals surface area contributed by atoms with Gasteiger partial charge in [-0.15, -0.1) is 11.8 Å². The van der Waals surface area contributed by atoms with Gasteiger partial charge in [-0.3, -0.25) is 14.4 Å². The number of anilines is 1. The minimum atomic E-state index is -0.464. The zero-order valence-electron chi connectivity index (χ0n) is 15.5. The van der Waals surface area contributed by atoms with E-state index in [1.165, 1.54) is 18.8 Å². The van der Waals surface area contributed by atoms with Crippen molar-refractivity contribution in [2.75, 3.05) is 24.7 Å². The van der Waals surface area contributed by atoms with Crippen LogP contribution in [0.3, 0.4) is 0 Å². The first-order valence-electron chi connectivity index (χ1n) is 8.36. The highest BCUT2D eigenvalue weighted by Gasteiger charge is 2.11. The summed E-state index contributed by atoms with van der Waals surface area (Å²) in [5, 5.41) is 5.12. The molecule has 6 nitrogen and oxygen atoms in total. The van der Waals surface area contributed by atoms with E-state index < -0.39 is 11.9 Å². The molecule has 0 bridgehead atoms. The molecule has 2 aromatic carbocycles. The van der Waals surface area contributed by atoms with Crippen LogP contribution in [0.1, 0.15) is 21.5 Å². The maximum Gasteiger partial charge on any atom is 0.316 e. The van der Waals surface area contributed by atoms with E-state index in [-0.39, 0.29) is 18.3 Å². The van der Waals surface area contributed by atoms with E-state index in [1.807, 2.05) is 32.0 Å². The first kappa shape index (κ1) is 20.5. The molecule has 0 heterocycles.